The quantitative estimate of drug-likeness (QED) is 0.893. The van der Waals surface area contributed by atoms with Crippen molar-refractivity contribution >= 4 is 17.7 Å². The van der Waals surface area contributed by atoms with Gasteiger partial charge in [-0.1, -0.05) is 18.2 Å². The molecule has 2 aliphatic heterocycles. The first-order valence-electron chi connectivity index (χ1n) is 6.96. The van der Waals surface area contributed by atoms with E-state index >= 15 is 0 Å². The number of benzene rings is 1. The molecule has 1 amide bonds. The van der Waals surface area contributed by atoms with Gasteiger partial charge in [0.2, 0.25) is 5.91 Å². The van der Waals surface area contributed by atoms with E-state index in [1.54, 1.807) is 11.8 Å². The molecule has 1 N–H and O–H groups in total. The summed E-state index contributed by atoms with van der Waals surface area (Å²) in [5.74, 6) is 0.167. The number of nitrogens with zero attached hydrogens (tertiary/aromatic N) is 1. The van der Waals surface area contributed by atoms with E-state index in [2.05, 4.69) is 12.1 Å². The molecule has 5 heteroatoms. The molecule has 20 heavy (non-hydrogen) atoms. The fourth-order valence-corrected chi connectivity index (χ4v) is 4.01. The summed E-state index contributed by atoms with van der Waals surface area (Å²) in [6.07, 6.45) is 0.553. The second kappa shape index (κ2) is 5.76. The lowest BCUT2D eigenvalue weighted by Gasteiger charge is -2.38. The Bertz CT molecular complexity index is 483. The average molecular weight is 293 g/mol. The second-order valence-corrected chi connectivity index (χ2v) is 6.64. The number of fused-ring (bicyclic) bond motifs is 1. The first kappa shape index (κ1) is 13.9. The van der Waals surface area contributed by atoms with Gasteiger partial charge in [0, 0.05) is 11.4 Å². The number of carbonyl (C=O) groups is 1. The summed E-state index contributed by atoms with van der Waals surface area (Å²) in [7, 11) is 0. The van der Waals surface area contributed by atoms with Gasteiger partial charge < -0.3 is 14.7 Å². The molecule has 0 aromatic heterocycles. The van der Waals surface area contributed by atoms with E-state index in [4.69, 9.17) is 4.74 Å². The Morgan fingerprint density at radius 2 is 2.30 bits per heavy atom. The fourth-order valence-electron chi connectivity index (χ4n) is 2.74. The molecule has 108 valence electrons. The molecule has 1 aromatic rings. The molecule has 1 aromatic carbocycles. The lowest BCUT2D eigenvalue weighted by Crippen LogP contribution is -2.54. The Kier molecular flexibility index (Phi) is 4.01. The minimum absolute atomic E-state index is 0.0332. The minimum Gasteiger partial charge on any atom is -0.394 e. The van der Waals surface area contributed by atoms with Gasteiger partial charge in [0.15, 0.2) is 0 Å². The molecule has 1 saturated heterocycles. The van der Waals surface area contributed by atoms with E-state index in [0.717, 1.165) is 6.42 Å². The highest BCUT2D eigenvalue weighted by Gasteiger charge is 2.36. The lowest BCUT2D eigenvalue weighted by atomic mass is 10.1. The number of ether oxygens (including phenoxy) is 1. The minimum atomic E-state index is -0.246. The first-order chi connectivity index (χ1) is 9.69. The average Bonchev–Trinajstić information content (AvgIpc) is 2.91. The van der Waals surface area contributed by atoms with Crippen LogP contribution in [0.5, 0.6) is 0 Å². The van der Waals surface area contributed by atoms with Crippen LogP contribution >= 0.6 is 11.8 Å². The van der Waals surface area contributed by atoms with Gasteiger partial charge in [0.25, 0.3) is 0 Å². The van der Waals surface area contributed by atoms with Crippen LogP contribution in [0.4, 0.5) is 0 Å². The summed E-state index contributed by atoms with van der Waals surface area (Å²) in [5.41, 5.74) is 1.26. The third kappa shape index (κ3) is 2.57. The van der Waals surface area contributed by atoms with Crippen LogP contribution in [0, 0.1) is 0 Å². The smallest absolute Gasteiger partial charge is 0.236 e. The normalized spacial score (nSPS) is 29.3. The third-order valence-electron chi connectivity index (χ3n) is 3.91. The summed E-state index contributed by atoms with van der Waals surface area (Å²) in [5, 5.41) is 9.18. The number of hydrogen-bond acceptors (Lipinski definition) is 4. The standard InChI is InChI=1S/C15H19NO3S/c1-10-9-19-12(8-17)7-16(10)15(18)14-6-11-4-2-3-5-13(11)20-14/h2-5,10,12,14,17H,6-9H2,1H3. The predicted molar refractivity (Wildman–Crippen MR) is 77.8 cm³/mol. The molecule has 3 rings (SSSR count). The summed E-state index contributed by atoms with van der Waals surface area (Å²) in [6.45, 7) is 2.96. The van der Waals surface area contributed by atoms with Crippen molar-refractivity contribution in [3.63, 3.8) is 0 Å². The fraction of sp³-hybridized carbons (Fsp3) is 0.533. The maximum Gasteiger partial charge on any atom is 0.236 e. The van der Waals surface area contributed by atoms with E-state index in [9.17, 15) is 9.90 Å². The zero-order valence-electron chi connectivity index (χ0n) is 11.5. The molecule has 4 nitrogen and oxygen atoms in total. The van der Waals surface area contributed by atoms with Crippen LogP contribution < -0.4 is 0 Å². The van der Waals surface area contributed by atoms with Gasteiger partial charge >= 0.3 is 0 Å². The van der Waals surface area contributed by atoms with Crippen molar-refractivity contribution in [2.24, 2.45) is 0 Å². The van der Waals surface area contributed by atoms with Gasteiger partial charge in [-0.25, -0.2) is 0 Å². The molecule has 1 fully saturated rings. The Morgan fingerprint density at radius 3 is 3.05 bits per heavy atom. The second-order valence-electron chi connectivity index (χ2n) is 5.40. The predicted octanol–water partition coefficient (Wildman–Crippen LogP) is 1.31. The van der Waals surface area contributed by atoms with Crippen molar-refractivity contribution in [2.45, 2.75) is 35.6 Å². The van der Waals surface area contributed by atoms with Crippen LogP contribution in [-0.4, -0.2) is 53.1 Å². The van der Waals surface area contributed by atoms with Crippen molar-refractivity contribution < 1.29 is 14.6 Å². The summed E-state index contributed by atoms with van der Waals surface area (Å²) >= 11 is 1.65. The molecule has 2 heterocycles. The van der Waals surface area contributed by atoms with Crippen molar-refractivity contribution in [1.29, 1.82) is 0 Å². The number of hydrogen-bond donors (Lipinski definition) is 1. The van der Waals surface area contributed by atoms with Gasteiger partial charge in [-0.05, 0) is 25.0 Å². The summed E-state index contributed by atoms with van der Waals surface area (Å²) < 4.78 is 5.49. The van der Waals surface area contributed by atoms with Crippen LogP contribution in [0.2, 0.25) is 0 Å². The highest BCUT2D eigenvalue weighted by Crippen LogP contribution is 2.38. The topological polar surface area (TPSA) is 49.8 Å². The number of aliphatic hydroxyl groups excluding tert-OH is 1. The molecular weight excluding hydrogens is 274 g/mol. The molecule has 3 unspecified atom stereocenters. The number of aliphatic hydroxyl groups is 1. The Hall–Kier alpha value is -1.04. The number of amides is 1. The van der Waals surface area contributed by atoms with E-state index in [1.165, 1.54) is 10.5 Å². The van der Waals surface area contributed by atoms with Crippen molar-refractivity contribution in [3.8, 4) is 0 Å². The van der Waals surface area contributed by atoms with Gasteiger partial charge in [0.05, 0.1) is 30.6 Å². The Morgan fingerprint density at radius 1 is 1.50 bits per heavy atom. The maximum absolute atomic E-state index is 12.7. The summed E-state index contributed by atoms with van der Waals surface area (Å²) in [6, 6.07) is 8.28. The Labute approximate surface area is 123 Å². The van der Waals surface area contributed by atoms with Crippen LogP contribution in [0.3, 0.4) is 0 Å². The molecule has 3 atom stereocenters. The highest BCUT2D eigenvalue weighted by molar-refractivity contribution is 8.01. The SMILES string of the molecule is CC1COC(CO)CN1C(=O)C1Cc2ccccc2S1. The number of morpholine rings is 1. The van der Waals surface area contributed by atoms with E-state index < -0.39 is 0 Å². The van der Waals surface area contributed by atoms with Crippen LogP contribution in [-0.2, 0) is 16.0 Å². The van der Waals surface area contributed by atoms with Crippen LogP contribution in [0.1, 0.15) is 12.5 Å². The van der Waals surface area contributed by atoms with Gasteiger partial charge in [-0.15, -0.1) is 11.8 Å². The van der Waals surface area contributed by atoms with Gasteiger partial charge in [-0.2, -0.15) is 0 Å². The zero-order chi connectivity index (χ0) is 14.1. The van der Waals surface area contributed by atoms with Crippen molar-refractivity contribution in [2.75, 3.05) is 19.8 Å². The molecular formula is C15H19NO3S. The van der Waals surface area contributed by atoms with Crippen molar-refractivity contribution in [1.82, 2.24) is 4.90 Å². The molecule has 0 radical (unpaired) electrons. The molecule has 0 saturated carbocycles. The van der Waals surface area contributed by atoms with Crippen LogP contribution in [0.25, 0.3) is 0 Å². The molecule has 2 aliphatic rings. The lowest BCUT2D eigenvalue weighted by molar-refractivity contribution is -0.145. The zero-order valence-corrected chi connectivity index (χ0v) is 12.3. The first-order valence-corrected chi connectivity index (χ1v) is 7.84. The van der Waals surface area contributed by atoms with Crippen LogP contribution in [0.15, 0.2) is 29.2 Å². The monoisotopic (exact) mass is 293 g/mol. The molecule has 0 bridgehead atoms. The van der Waals surface area contributed by atoms with Crippen molar-refractivity contribution in [3.05, 3.63) is 29.8 Å². The number of thioether (sulfide) groups is 1. The number of carbonyl (C=O) groups excluding carboxylic acids is 1. The van der Waals surface area contributed by atoms with Gasteiger partial charge in [-0.3, -0.25) is 4.79 Å². The molecule has 0 aliphatic carbocycles. The van der Waals surface area contributed by atoms with E-state index in [0.29, 0.717) is 13.2 Å². The third-order valence-corrected chi connectivity index (χ3v) is 5.22. The molecule has 0 spiro atoms. The van der Waals surface area contributed by atoms with E-state index in [1.807, 2.05) is 24.0 Å². The highest BCUT2D eigenvalue weighted by atomic mass is 32.2. The number of rotatable bonds is 2. The Balaban J connectivity index is 1.70. The summed E-state index contributed by atoms with van der Waals surface area (Å²) in [4.78, 5) is 15.8. The van der Waals surface area contributed by atoms with Gasteiger partial charge in [0.1, 0.15) is 0 Å². The maximum atomic E-state index is 12.7. The largest absolute Gasteiger partial charge is 0.394 e. The van der Waals surface area contributed by atoms with E-state index in [-0.39, 0.29) is 29.9 Å².